The Hall–Kier alpha value is -2.00. The fraction of sp³-hybridized carbons (Fsp3) is 0.417. The first-order chi connectivity index (χ1) is 9.70. The van der Waals surface area contributed by atoms with Crippen LogP contribution in [0.1, 0.15) is 25.3 Å². The lowest BCUT2D eigenvalue weighted by atomic mass is 10.2. The zero-order chi connectivity index (χ0) is 16.2. The minimum atomic E-state index is -4.15. The summed E-state index contributed by atoms with van der Waals surface area (Å²) in [6.45, 7) is 3.03. The monoisotopic (exact) mass is 316 g/mol. The normalized spacial score (nSPS) is 12.9. The van der Waals surface area contributed by atoms with Crippen molar-refractivity contribution in [3.05, 3.63) is 33.9 Å². The molecule has 0 amide bonds. The molecule has 8 nitrogen and oxygen atoms in total. The van der Waals surface area contributed by atoms with E-state index in [4.69, 9.17) is 5.11 Å². The van der Waals surface area contributed by atoms with Crippen LogP contribution in [0.5, 0.6) is 0 Å². The molecule has 0 spiro atoms. The van der Waals surface area contributed by atoms with Gasteiger partial charge in [0.15, 0.2) is 0 Å². The van der Waals surface area contributed by atoms with E-state index in [9.17, 15) is 23.3 Å². The van der Waals surface area contributed by atoms with Gasteiger partial charge in [-0.05, 0) is 19.4 Å². The molecule has 0 bridgehead atoms. The number of nitro groups is 1. The van der Waals surface area contributed by atoms with Gasteiger partial charge in [-0.3, -0.25) is 14.9 Å². The lowest BCUT2D eigenvalue weighted by molar-refractivity contribution is -0.385. The van der Waals surface area contributed by atoms with Crippen LogP contribution >= 0.6 is 0 Å². The highest BCUT2D eigenvalue weighted by Crippen LogP contribution is 2.24. The van der Waals surface area contributed by atoms with E-state index in [0.29, 0.717) is 6.42 Å². The number of sulfonamides is 1. The lowest BCUT2D eigenvalue weighted by Gasteiger charge is -2.15. The van der Waals surface area contributed by atoms with Gasteiger partial charge in [0.25, 0.3) is 5.69 Å². The summed E-state index contributed by atoms with van der Waals surface area (Å²) >= 11 is 0. The largest absolute Gasteiger partial charge is 0.480 e. The number of carbonyl (C=O) groups is 1. The fourth-order valence-electron chi connectivity index (χ4n) is 1.86. The van der Waals surface area contributed by atoms with E-state index in [-0.39, 0.29) is 22.6 Å². The van der Waals surface area contributed by atoms with Crippen LogP contribution < -0.4 is 4.72 Å². The van der Waals surface area contributed by atoms with Crippen molar-refractivity contribution in [2.45, 2.75) is 37.6 Å². The van der Waals surface area contributed by atoms with E-state index in [1.807, 2.05) is 0 Å². The first-order valence-corrected chi connectivity index (χ1v) is 7.68. The minimum absolute atomic E-state index is 0.0318. The topological polar surface area (TPSA) is 127 Å². The minimum Gasteiger partial charge on any atom is -0.480 e. The lowest BCUT2D eigenvalue weighted by Crippen LogP contribution is -2.40. The van der Waals surface area contributed by atoms with Gasteiger partial charge < -0.3 is 5.11 Å². The fourth-order valence-corrected chi connectivity index (χ4v) is 3.35. The summed E-state index contributed by atoms with van der Waals surface area (Å²) in [7, 11) is -4.15. The molecule has 1 unspecified atom stereocenters. The van der Waals surface area contributed by atoms with Crippen molar-refractivity contribution in [3.63, 3.8) is 0 Å². The second-order valence-corrected chi connectivity index (χ2v) is 6.14. The summed E-state index contributed by atoms with van der Waals surface area (Å²) in [4.78, 5) is 20.9. The molecule has 21 heavy (non-hydrogen) atoms. The highest BCUT2D eigenvalue weighted by molar-refractivity contribution is 7.89. The van der Waals surface area contributed by atoms with Gasteiger partial charge in [-0.1, -0.05) is 19.4 Å². The van der Waals surface area contributed by atoms with E-state index >= 15 is 0 Å². The van der Waals surface area contributed by atoms with Crippen LogP contribution in [0.3, 0.4) is 0 Å². The van der Waals surface area contributed by atoms with Gasteiger partial charge in [-0.2, -0.15) is 4.72 Å². The van der Waals surface area contributed by atoms with Crippen molar-refractivity contribution < 1.29 is 23.2 Å². The molecular formula is C12H16N2O6S. The highest BCUT2D eigenvalue weighted by atomic mass is 32.2. The molecule has 1 rings (SSSR count). The predicted molar refractivity (Wildman–Crippen MR) is 74.5 cm³/mol. The van der Waals surface area contributed by atoms with E-state index in [0.717, 1.165) is 0 Å². The van der Waals surface area contributed by atoms with Crippen LogP contribution in [-0.4, -0.2) is 30.5 Å². The Morgan fingerprint density at radius 2 is 2.10 bits per heavy atom. The molecule has 0 radical (unpaired) electrons. The highest BCUT2D eigenvalue weighted by Gasteiger charge is 2.28. The number of nitrogens with zero attached hydrogens (tertiary/aromatic N) is 1. The molecule has 0 aromatic heterocycles. The van der Waals surface area contributed by atoms with Crippen molar-refractivity contribution in [3.8, 4) is 0 Å². The SMILES string of the molecule is CCCC(NS(=O)(=O)c1cccc([N+](=O)[O-])c1C)C(=O)O. The molecule has 0 saturated heterocycles. The third kappa shape index (κ3) is 3.99. The Bertz CT molecular complexity index is 656. The predicted octanol–water partition coefficient (Wildman–Crippen LogP) is 1.43. The Labute approximate surface area is 122 Å². The van der Waals surface area contributed by atoms with Crippen molar-refractivity contribution in [1.29, 1.82) is 0 Å². The molecule has 0 heterocycles. The molecule has 0 saturated carbocycles. The van der Waals surface area contributed by atoms with Crippen LogP contribution in [-0.2, 0) is 14.8 Å². The molecule has 0 aliphatic rings. The number of carboxylic acid groups (broad SMARTS) is 1. The zero-order valence-electron chi connectivity index (χ0n) is 11.6. The molecule has 116 valence electrons. The molecule has 2 N–H and O–H groups in total. The van der Waals surface area contributed by atoms with Gasteiger partial charge in [0.2, 0.25) is 10.0 Å². The van der Waals surface area contributed by atoms with E-state index in [2.05, 4.69) is 4.72 Å². The van der Waals surface area contributed by atoms with Crippen molar-refractivity contribution >= 4 is 21.7 Å². The number of hydrogen-bond acceptors (Lipinski definition) is 5. The number of rotatable bonds is 7. The summed E-state index contributed by atoms with van der Waals surface area (Å²) in [5, 5.41) is 19.8. The van der Waals surface area contributed by atoms with Crippen LogP contribution in [0.4, 0.5) is 5.69 Å². The van der Waals surface area contributed by atoms with Gasteiger partial charge in [-0.15, -0.1) is 0 Å². The quantitative estimate of drug-likeness (QED) is 0.579. The van der Waals surface area contributed by atoms with Crippen LogP contribution in [0.2, 0.25) is 0 Å². The number of hydrogen-bond donors (Lipinski definition) is 2. The summed E-state index contributed by atoms with van der Waals surface area (Å²) in [6, 6.07) is 2.37. The number of benzene rings is 1. The molecule has 1 aromatic rings. The standard InChI is InChI=1S/C12H16N2O6S/c1-3-5-9(12(15)16)13-21(19,20)11-7-4-6-10(8(11)2)14(17)18/h4,6-7,9,13H,3,5H2,1-2H3,(H,15,16). The summed E-state index contributed by atoms with van der Waals surface area (Å²) in [5.41, 5.74) is -0.365. The summed E-state index contributed by atoms with van der Waals surface area (Å²) < 4.78 is 26.5. The van der Waals surface area contributed by atoms with Gasteiger partial charge in [0.05, 0.1) is 9.82 Å². The molecule has 0 aliphatic carbocycles. The first kappa shape index (κ1) is 17.1. The first-order valence-electron chi connectivity index (χ1n) is 6.19. The molecule has 0 fully saturated rings. The van der Waals surface area contributed by atoms with Crippen molar-refractivity contribution in [2.24, 2.45) is 0 Å². The average molecular weight is 316 g/mol. The third-order valence-electron chi connectivity index (χ3n) is 2.91. The molecule has 1 aromatic carbocycles. The van der Waals surface area contributed by atoms with Crippen molar-refractivity contribution in [1.82, 2.24) is 4.72 Å². The average Bonchev–Trinajstić information content (AvgIpc) is 2.37. The van der Waals surface area contributed by atoms with Crippen LogP contribution in [0, 0.1) is 17.0 Å². The van der Waals surface area contributed by atoms with Crippen LogP contribution in [0.25, 0.3) is 0 Å². The van der Waals surface area contributed by atoms with Gasteiger partial charge in [0.1, 0.15) is 6.04 Å². The van der Waals surface area contributed by atoms with Crippen LogP contribution in [0.15, 0.2) is 23.1 Å². The van der Waals surface area contributed by atoms with Crippen molar-refractivity contribution in [2.75, 3.05) is 0 Å². The zero-order valence-corrected chi connectivity index (χ0v) is 12.4. The van der Waals surface area contributed by atoms with Gasteiger partial charge in [-0.25, -0.2) is 8.42 Å². The third-order valence-corrected chi connectivity index (χ3v) is 4.53. The van der Waals surface area contributed by atoms with E-state index in [1.165, 1.54) is 25.1 Å². The number of nitro benzene ring substituents is 1. The Morgan fingerprint density at radius 1 is 1.48 bits per heavy atom. The second-order valence-electron chi connectivity index (χ2n) is 4.46. The van der Waals surface area contributed by atoms with E-state index < -0.39 is 27.0 Å². The molecular weight excluding hydrogens is 300 g/mol. The smallest absolute Gasteiger partial charge is 0.321 e. The Morgan fingerprint density at radius 3 is 2.57 bits per heavy atom. The Kier molecular flexibility index (Phi) is 5.39. The summed E-state index contributed by atoms with van der Waals surface area (Å²) in [5.74, 6) is -1.29. The number of aliphatic carboxylic acids is 1. The summed E-state index contributed by atoms with van der Waals surface area (Å²) in [6.07, 6.45) is 0.607. The molecule has 9 heteroatoms. The molecule has 0 aliphatic heterocycles. The van der Waals surface area contributed by atoms with Gasteiger partial charge in [0, 0.05) is 11.6 Å². The maximum absolute atomic E-state index is 12.2. The maximum Gasteiger partial charge on any atom is 0.321 e. The second kappa shape index (κ2) is 6.64. The molecule has 1 atom stereocenters. The Balaban J connectivity index is 3.22. The van der Waals surface area contributed by atoms with Gasteiger partial charge >= 0.3 is 5.97 Å². The number of nitrogens with one attached hydrogen (secondary N) is 1. The van der Waals surface area contributed by atoms with E-state index in [1.54, 1.807) is 6.92 Å². The maximum atomic E-state index is 12.2. The number of carboxylic acids is 1.